The summed E-state index contributed by atoms with van der Waals surface area (Å²) < 4.78 is 14.0. The first-order chi connectivity index (χ1) is 15.9. The summed E-state index contributed by atoms with van der Waals surface area (Å²) >= 11 is 1.76. The number of nitrogens with zero attached hydrogens (tertiary/aromatic N) is 1. The summed E-state index contributed by atoms with van der Waals surface area (Å²) in [6, 6.07) is 26.5. The third-order valence-electron chi connectivity index (χ3n) is 7.03. The molecule has 1 heterocycles. The zero-order chi connectivity index (χ0) is 23.3. The second kappa shape index (κ2) is 10.1. The molecule has 1 fully saturated rings. The van der Waals surface area contributed by atoms with Crippen LogP contribution in [0.15, 0.2) is 89.8 Å². The highest BCUT2D eigenvalue weighted by molar-refractivity contribution is 7.99. The average molecular weight is 463 g/mol. The van der Waals surface area contributed by atoms with Crippen LogP contribution in [0.5, 0.6) is 0 Å². The lowest BCUT2D eigenvalue weighted by molar-refractivity contribution is -0.899. The van der Waals surface area contributed by atoms with Gasteiger partial charge < -0.3 is 15.0 Å². The van der Waals surface area contributed by atoms with Crippen LogP contribution in [0, 0.1) is 17.1 Å². The molecule has 1 N–H and O–H groups in total. The van der Waals surface area contributed by atoms with Gasteiger partial charge in [-0.3, -0.25) is 0 Å². The van der Waals surface area contributed by atoms with E-state index < -0.39 is 11.3 Å². The molecule has 172 valence electrons. The van der Waals surface area contributed by atoms with Gasteiger partial charge >= 0.3 is 0 Å². The van der Waals surface area contributed by atoms with E-state index in [-0.39, 0.29) is 11.7 Å². The minimum Gasteiger partial charge on any atom is -0.861 e. The lowest BCUT2D eigenvalue weighted by atomic mass is 9.65. The molecule has 0 saturated carbocycles. The van der Waals surface area contributed by atoms with Crippen LogP contribution in [0.25, 0.3) is 0 Å². The van der Waals surface area contributed by atoms with E-state index in [0.29, 0.717) is 0 Å². The maximum atomic E-state index is 13.1. The molecule has 1 unspecified atom stereocenters. The van der Waals surface area contributed by atoms with E-state index in [1.165, 1.54) is 12.1 Å². The van der Waals surface area contributed by atoms with Gasteiger partial charge in [0, 0.05) is 29.4 Å². The number of hydrogen-bond acceptors (Lipinski definition) is 3. The van der Waals surface area contributed by atoms with Crippen molar-refractivity contribution in [3.05, 3.63) is 102 Å². The molecule has 3 nitrogen and oxygen atoms in total. The zero-order valence-corrected chi connectivity index (χ0v) is 19.9. The predicted octanol–water partition coefficient (Wildman–Crippen LogP) is 5.10. The Morgan fingerprint density at radius 1 is 1.00 bits per heavy atom. The van der Waals surface area contributed by atoms with Crippen molar-refractivity contribution in [2.45, 2.75) is 23.2 Å². The van der Waals surface area contributed by atoms with E-state index in [1.807, 2.05) is 72.8 Å². The van der Waals surface area contributed by atoms with Gasteiger partial charge in [-0.15, -0.1) is 11.8 Å². The molecule has 3 aromatic rings. The SMILES string of the molecule is C[N@@+]1(CCCSc2ccc(F)cc2)CCC(C(C(=N)[O-])(c2ccccc2)c2ccccc2)C1. The van der Waals surface area contributed by atoms with Crippen molar-refractivity contribution < 1.29 is 14.0 Å². The number of quaternary nitrogens is 1. The van der Waals surface area contributed by atoms with Gasteiger partial charge in [-0.2, -0.15) is 0 Å². The highest BCUT2D eigenvalue weighted by Crippen LogP contribution is 2.45. The lowest BCUT2D eigenvalue weighted by Crippen LogP contribution is -2.52. The third-order valence-corrected chi connectivity index (χ3v) is 8.13. The fraction of sp³-hybridized carbons (Fsp3) is 0.321. The summed E-state index contributed by atoms with van der Waals surface area (Å²) in [6.07, 6.45) is 1.96. The molecule has 5 heteroatoms. The summed E-state index contributed by atoms with van der Waals surface area (Å²) in [5.74, 6) is 0.321. The summed E-state index contributed by atoms with van der Waals surface area (Å²) in [7, 11) is 2.28. The van der Waals surface area contributed by atoms with E-state index in [4.69, 9.17) is 5.41 Å². The maximum absolute atomic E-state index is 13.1. The van der Waals surface area contributed by atoms with Crippen LogP contribution >= 0.6 is 11.8 Å². The van der Waals surface area contributed by atoms with Gasteiger partial charge in [-0.1, -0.05) is 60.7 Å². The zero-order valence-electron chi connectivity index (χ0n) is 19.0. The number of likely N-dealkylation sites (tertiary alicyclic amines) is 1. The number of benzene rings is 3. The molecule has 0 radical (unpaired) electrons. The smallest absolute Gasteiger partial charge is 0.123 e. The fourth-order valence-corrected chi connectivity index (χ4v) is 6.23. The monoisotopic (exact) mass is 462 g/mol. The quantitative estimate of drug-likeness (QED) is 0.158. The Bertz CT molecular complexity index is 1020. The van der Waals surface area contributed by atoms with Crippen molar-refractivity contribution in [3.8, 4) is 0 Å². The van der Waals surface area contributed by atoms with Crippen molar-refractivity contribution in [2.75, 3.05) is 32.4 Å². The first kappa shape index (κ1) is 23.5. The van der Waals surface area contributed by atoms with Crippen molar-refractivity contribution in [2.24, 2.45) is 5.92 Å². The molecule has 1 aliphatic heterocycles. The van der Waals surface area contributed by atoms with E-state index in [1.54, 1.807) is 11.8 Å². The Balaban J connectivity index is 1.51. The van der Waals surface area contributed by atoms with Crippen LogP contribution in [0.2, 0.25) is 0 Å². The largest absolute Gasteiger partial charge is 0.861 e. The summed E-state index contributed by atoms with van der Waals surface area (Å²) in [5, 5.41) is 21.6. The molecule has 0 aliphatic carbocycles. The Labute approximate surface area is 200 Å². The molecule has 0 spiro atoms. The second-order valence-corrected chi connectivity index (χ2v) is 10.4. The lowest BCUT2D eigenvalue weighted by Gasteiger charge is -2.43. The maximum Gasteiger partial charge on any atom is 0.123 e. The van der Waals surface area contributed by atoms with Crippen LogP contribution in [-0.4, -0.2) is 42.8 Å². The Morgan fingerprint density at radius 3 is 2.12 bits per heavy atom. The van der Waals surface area contributed by atoms with Crippen LogP contribution in [0.3, 0.4) is 0 Å². The number of rotatable bonds is 9. The van der Waals surface area contributed by atoms with Crippen LogP contribution in [0.1, 0.15) is 24.0 Å². The van der Waals surface area contributed by atoms with E-state index in [2.05, 4.69) is 7.05 Å². The normalized spacial score (nSPS) is 20.6. The second-order valence-electron chi connectivity index (χ2n) is 9.26. The topological polar surface area (TPSA) is 46.9 Å². The standard InChI is InChI=1S/C28H31FN2OS/c1-31(18-8-20-33-26-15-13-25(29)14-16-26)19-17-24(21-31)28(27(30)32,22-9-4-2-5-10-22)23-11-6-3-7-12-23/h2-7,9-16,24H,8,17-21H2,1H3,(H-,30,32)/t24?,31-/m1/s1. The summed E-state index contributed by atoms with van der Waals surface area (Å²) in [5.41, 5.74) is 0.893. The molecule has 4 rings (SSSR count). The molecule has 1 saturated heterocycles. The molecule has 3 aromatic carbocycles. The Kier molecular flexibility index (Phi) is 7.20. The predicted molar refractivity (Wildman–Crippen MR) is 132 cm³/mol. The van der Waals surface area contributed by atoms with Gasteiger partial charge in [0.25, 0.3) is 0 Å². The number of nitrogens with one attached hydrogen (secondary N) is 1. The van der Waals surface area contributed by atoms with Crippen molar-refractivity contribution in [1.29, 1.82) is 5.41 Å². The molecule has 2 atom stereocenters. The minimum absolute atomic E-state index is 0.0713. The molecule has 0 bridgehead atoms. The van der Waals surface area contributed by atoms with Crippen molar-refractivity contribution in [3.63, 3.8) is 0 Å². The average Bonchev–Trinajstić information content (AvgIpc) is 3.22. The van der Waals surface area contributed by atoms with Gasteiger partial charge in [0.05, 0.1) is 32.1 Å². The summed E-state index contributed by atoms with van der Waals surface area (Å²) in [4.78, 5) is 1.09. The van der Waals surface area contributed by atoms with Gasteiger partial charge in [0.2, 0.25) is 0 Å². The molecule has 0 amide bonds. The van der Waals surface area contributed by atoms with Gasteiger partial charge in [-0.05, 0) is 41.3 Å². The molecule has 33 heavy (non-hydrogen) atoms. The van der Waals surface area contributed by atoms with Gasteiger partial charge in [0.1, 0.15) is 5.82 Å². The summed E-state index contributed by atoms with van der Waals surface area (Å²) in [6.45, 7) is 2.90. The first-order valence-corrected chi connectivity index (χ1v) is 12.5. The highest BCUT2D eigenvalue weighted by atomic mass is 32.2. The third kappa shape index (κ3) is 4.99. The van der Waals surface area contributed by atoms with Gasteiger partial charge in [-0.25, -0.2) is 4.39 Å². The molecule has 1 aliphatic rings. The van der Waals surface area contributed by atoms with Crippen LogP contribution < -0.4 is 5.11 Å². The van der Waals surface area contributed by atoms with Crippen LogP contribution in [-0.2, 0) is 5.41 Å². The van der Waals surface area contributed by atoms with E-state index in [9.17, 15) is 9.50 Å². The highest BCUT2D eigenvalue weighted by Gasteiger charge is 2.49. The van der Waals surface area contributed by atoms with Crippen LogP contribution in [0.4, 0.5) is 4.39 Å². The number of thioether (sulfide) groups is 1. The molecular formula is C28H31FN2OS. The van der Waals surface area contributed by atoms with Gasteiger partial charge in [0.15, 0.2) is 0 Å². The van der Waals surface area contributed by atoms with Crippen molar-refractivity contribution in [1.82, 2.24) is 0 Å². The molecular weight excluding hydrogens is 431 g/mol. The molecule has 0 aromatic heterocycles. The van der Waals surface area contributed by atoms with E-state index >= 15 is 0 Å². The minimum atomic E-state index is -0.943. The number of halogens is 1. The Hall–Kier alpha value is -2.63. The van der Waals surface area contributed by atoms with E-state index in [0.717, 1.165) is 58.7 Å². The van der Waals surface area contributed by atoms with Crippen molar-refractivity contribution >= 4 is 17.7 Å². The Morgan fingerprint density at radius 2 is 1.58 bits per heavy atom. The first-order valence-electron chi connectivity index (χ1n) is 11.5. The fourth-order valence-electron chi connectivity index (χ4n) is 5.39. The number of hydrogen-bond donors (Lipinski definition) is 1.